The molecule has 1 saturated heterocycles. The molecule has 5 nitrogen and oxygen atoms in total. The molecule has 2 heterocycles. The first-order valence-corrected chi connectivity index (χ1v) is 9.56. The van der Waals surface area contributed by atoms with Crippen molar-refractivity contribution in [2.24, 2.45) is 5.73 Å². The lowest BCUT2D eigenvalue weighted by atomic mass is 9.95. The van der Waals surface area contributed by atoms with Gasteiger partial charge in [-0.25, -0.2) is 0 Å². The molecule has 0 unspecified atom stereocenters. The number of ether oxygens (including phenoxy) is 2. The number of fused-ring (bicyclic) bond motifs is 1. The third kappa shape index (κ3) is 3.40. The van der Waals surface area contributed by atoms with Crippen LogP contribution >= 0.6 is 0 Å². The first kappa shape index (κ1) is 20.6. The van der Waals surface area contributed by atoms with E-state index in [4.69, 9.17) is 15.2 Å². The van der Waals surface area contributed by atoms with Crippen molar-refractivity contribution in [3.63, 3.8) is 0 Å². The summed E-state index contributed by atoms with van der Waals surface area (Å²) in [6.07, 6.45) is -2.81. The fraction of sp³-hybridized carbons (Fsp3) is 0.318. The number of rotatable bonds is 4. The van der Waals surface area contributed by atoms with Crippen LogP contribution in [0, 0.1) is 0 Å². The summed E-state index contributed by atoms with van der Waals surface area (Å²) >= 11 is 0. The smallest absolute Gasteiger partial charge is 0.343 e. The Morgan fingerprint density at radius 2 is 1.87 bits per heavy atom. The summed E-state index contributed by atoms with van der Waals surface area (Å²) in [6.45, 7) is 1.16. The van der Waals surface area contributed by atoms with E-state index in [1.54, 1.807) is 25.2 Å². The monoisotopic (exact) mass is 418 g/mol. The highest BCUT2D eigenvalue weighted by molar-refractivity contribution is 6.35. The summed E-state index contributed by atoms with van der Waals surface area (Å²) in [7, 11) is 1.59. The van der Waals surface area contributed by atoms with Crippen LogP contribution in [0.1, 0.15) is 28.7 Å². The number of hydrogen-bond acceptors (Lipinski definition) is 4. The second-order valence-corrected chi connectivity index (χ2v) is 7.23. The molecule has 1 amide bonds. The molecule has 2 aliphatic heterocycles. The summed E-state index contributed by atoms with van der Waals surface area (Å²) < 4.78 is 51.9. The summed E-state index contributed by atoms with van der Waals surface area (Å²) in [5.74, 6) is -1.39. The molecule has 0 aliphatic carbocycles. The van der Waals surface area contributed by atoms with Gasteiger partial charge in [0.05, 0.1) is 24.5 Å². The lowest BCUT2D eigenvalue weighted by molar-refractivity contribution is -0.168. The lowest BCUT2D eigenvalue weighted by Gasteiger charge is -2.28. The molecule has 158 valence electrons. The SMILES string of the molecule is CN1C(=O)/C(=C\c2ccccc2C(F)(F)F)c2cc(C3(CCN)OCCO3)ccc21. The van der Waals surface area contributed by atoms with Gasteiger partial charge in [-0.15, -0.1) is 0 Å². The maximum absolute atomic E-state index is 13.4. The van der Waals surface area contributed by atoms with E-state index in [1.165, 1.54) is 29.2 Å². The molecular weight excluding hydrogens is 397 g/mol. The van der Waals surface area contributed by atoms with E-state index in [1.807, 2.05) is 0 Å². The highest BCUT2D eigenvalue weighted by atomic mass is 19.4. The van der Waals surface area contributed by atoms with Gasteiger partial charge in [-0.2, -0.15) is 13.2 Å². The first-order chi connectivity index (χ1) is 14.3. The molecule has 8 heteroatoms. The van der Waals surface area contributed by atoms with E-state index >= 15 is 0 Å². The number of nitrogens with zero attached hydrogens (tertiary/aromatic N) is 1. The molecule has 2 aromatic carbocycles. The van der Waals surface area contributed by atoms with Crippen LogP contribution < -0.4 is 10.6 Å². The predicted octanol–water partition coefficient (Wildman–Crippen LogP) is 3.77. The van der Waals surface area contributed by atoms with E-state index < -0.39 is 17.5 Å². The van der Waals surface area contributed by atoms with E-state index in [0.717, 1.165) is 6.07 Å². The summed E-state index contributed by atoms with van der Waals surface area (Å²) in [5.41, 5.74) is 6.89. The molecular formula is C22H21F3N2O3. The Kier molecular flexibility index (Phi) is 5.17. The van der Waals surface area contributed by atoms with E-state index in [0.29, 0.717) is 43.0 Å². The van der Waals surface area contributed by atoms with Crippen molar-refractivity contribution < 1.29 is 27.4 Å². The molecule has 0 atom stereocenters. The Balaban J connectivity index is 1.84. The van der Waals surface area contributed by atoms with Crippen molar-refractivity contribution in [3.05, 3.63) is 64.7 Å². The topological polar surface area (TPSA) is 64.8 Å². The summed E-state index contributed by atoms with van der Waals surface area (Å²) in [4.78, 5) is 14.3. The van der Waals surface area contributed by atoms with Crippen molar-refractivity contribution in [1.82, 2.24) is 0 Å². The van der Waals surface area contributed by atoms with Gasteiger partial charge in [0.25, 0.3) is 5.91 Å². The number of halogens is 3. The van der Waals surface area contributed by atoms with Gasteiger partial charge < -0.3 is 20.1 Å². The molecule has 0 saturated carbocycles. The molecule has 2 N–H and O–H groups in total. The van der Waals surface area contributed by atoms with Crippen LogP contribution in [-0.2, 0) is 26.2 Å². The highest BCUT2D eigenvalue weighted by Gasteiger charge is 2.40. The fourth-order valence-corrected chi connectivity index (χ4v) is 3.96. The number of benzene rings is 2. The maximum atomic E-state index is 13.4. The lowest BCUT2D eigenvalue weighted by Crippen LogP contribution is -2.30. The number of carbonyl (C=O) groups is 1. The van der Waals surface area contributed by atoms with Gasteiger partial charge in [-0.1, -0.05) is 24.3 Å². The average molecular weight is 418 g/mol. The highest BCUT2D eigenvalue weighted by Crippen LogP contribution is 2.43. The Morgan fingerprint density at radius 3 is 2.53 bits per heavy atom. The third-order valence-corrected chi connectivity index (χ3v) is 5.42. The van der Waals surface area contributed by atoms with Crippen molar-refractivity contribution >= 4 is 23.2 Å². The van der Waals surface area contributed by atoms with Crippen LogP contribution in [0.25, 0.3) is 11.6 Å². The van der Waals surface area contributed by atoms with E-state index in [2.05, 4.69) is 0 Å². The fourth-order valence-electron chi connectivity index (χ4n) is 3.96. The van der Waals surface area contributed by atoms with Gasteiger partial charge in [0.15, 0.2) is 5.79 Å². The molecule has 30 heavy (non-hydrogen) atoms. The molecule has 0 aromatic heterocycles. The normalized spacial score (nSPS) is 19.6. The van der Waals surface area contributed by atoms with Crippen LogP contribution in [-0.4, -0.2) is 32.7 Å². The van der Waals surface area contributed by atoms with E-state index in [-0.39, 0.29) is 17.0 Å². The minimum atomic E-state index is -4.53. The van der Waals surface area contributed by atoms with Gasteiger partial charge in [0.2, 0.25) is 0 Å². The molecule has 2 aromatic rings. The molecule has 4 rings (SSSR count). The Hall–Kier alpha value is -2.68. The van der Waals surface area contributed by atoms with Crippen LogP contribution in [0.15, 0.2) is 42.5 Å². The Labute approximate surface area is 171 Å². The van der Waals surface area contributed by atoms with Crippen LogP contribution in [0.4, 0.5) is 18.9 Å². The first-order valence-electron chi connectivity index (χ1n) is 9.56. The van der Waals surface area contributed by atoms with Gasteiger partial charge in [0, 0.05) is 30.2 Å². The van der Waals surface area contributed by atoms with Gasteiger partial charge >= 0.3 is 6.18 Å². The van der Waals surface area contributed by atoms with E-state index in [9.17, 15) is 18.0 Å². The molecule has 0 bridgehead atoms. The third-order valence-electron chi connectivity index (χ3n) is 5.42. The number of amides is 1. The van der Waals surface area contributed by atoms with Crippen molar-refractivity contribution in [2.75, 3.05) is 31.7 Å². The largest absolute Gasteiger partial charge is 0.416 e. The average Bonchev–Trinajstić information content (AvgIpc) is 3.28. The van der Waals surface area contributed by atoms with Crippen molar-refractivity contribution in [2.45, 2.75) is 18.4 Å². The number of nitrogens with two attached hydrogens (primary N) is 1. The summed E-state index contributed by atoms with van der Waals surface area (Å²) in [6, 6.07) is 10.5. The van der Waals surface area contributed by atoms with Gasteiger partial charge in [-0.3, -0.25) is 4.79 Å². The number of likely N-dealkylation sites (N-methyl/N-ethyl adjacent to an activating group) is 1. The minimum Gasteiger partial charge on any atom is -0.343 e. The van der Waals surface area contributed by atoms with Crippen LogP contribution in [0.2, 0.25) is 0 Å². The van der Waals surface area contributed by atoms with Crippen molar-refractivity contribution in [3.8, 4) is 0 Å². The number of anilines is 1. The van der Waals surface area contributed by atoms with Gasteiger partial charge in [-0.05, 0) is 36.4 Å². The number of carbonyl (C=O) groups excluding carboxylic acids is 1. The number of alkyl halides is 3. The van der Waals surface area contributed by atoms with Crippen LogP contribution in [0.3, 0.4) is 0 Å². The molecule has 0 radical (unpaired) electrons. The second kappa shape index (κ2) is 7.54. The molecule has 2 aliphatic rings. The number of hydrogen-bond donors (Lipinski definition) is 1. The standard InChI is InChI=1S/C22H21F3N2O3/c1-27-19-7-6-15(21(8-9-26)29-10-11-30-21)13-16(19)17(20(27)28)12-14-4-2-3-5-18(14)22(23,24)25/h2-7,12-13H,8-11,26H2,1H3/b17-12-. The Morgan fingerprint density at radius 1 is 1.17 bits per heavy atom. The van der Waals surface area contributed by atoms with Gasteiger partial charge in [0.1, 0.15) is 0 Å². The Bertz CT molecular complexity index is 1010. The van der Waals surface area contributed by atoms with Crippen LogP contribution in [0.5, 0.6) is 0 Å². The second-order valence-electron chi connectivity index (χ2n) is 7.23. The quantitative estimate of drug-likeness (QED) is 0.768. The zero-order valence-electron chi connectivity index (χ0n) is 16.3. The predicted molar refractivity (Wildman–Crippen MR) is 106 cm³/mol. The van der Waals surface area contributed by atoms with Crippen molar-refractivity contribution in [1.29, 1.82) is 0 Å². The molecule has 0 spiro atoms. The molecule has 1 fully saturated rings. The zero-order chi connectivity index (χ0) is 21.5. The minimum absolute atomic E-state index is 0.0648. The summed E-state index contributed by atoms with van der Waals surface area (Å²) in [5, 5.41) is 0. The maximum Gasteiger partial charge on any atom is 0.416 e. The zero-order valence-corrected chi connectivity index (χ0v) is 16.3.